The van der Waals surface area contributed by atoms with Gasteiger partial charge in [-0.3, -0.25) is 0 Å². The molecule has 0 fully saturated rings. The highest BCUT2D eigenvalue weighted by Gasteiger charge is 2.24. The van der Waals surface area contributed by atoms with Crippen LogP contribution in [0.4, 0.5) is 4.39 Å². The van der Waals surface area contributed by atoms with Crippen molar-refractivity contribution in [3.05, 3.63) is 52.8 Å². The lowest BCUT2D eigenvalue weighted by Crippen LogP contribution is -2.08. The van der Waals surface area contributed by atoms with E-state index in [4.69, 9.17) is 4.52 Å². The number of aromatic carboxylic acids is 1. The monoisotopic (exact) mass is 316 g/mol. The van der Waals surface area contributed by atoms with E-state index in [2.05, 4.69) is 15.5 Å². The van der Waals surface area contributed by atoms with E-state index in [1.165, 1.54) is 22.9 Å². The van der Waals surface area contributed by atoms with Gasteiger partial charge in [0.05, 0.1) is 12.2 Å². The van der Waals surface area contributed by atoms with Crippen LogP contribution >= 0.6 is 0 Å². The van der Waals surface area contributed by atoms with Crippen molar-refractivity contribution in [1.82, 2.24) is 20.2 Å². The number of aryl methyl sites for hydroxylation is 2. The first-order valence-corrected chi connectivity index (χ1v) is 6.82. The first-order valence-electron chi connectivity index (χ1n) is 6.82. The Morgan fingerprint density at radius 1 is 1.35 bits per heavy atom. The molecular formula is C15H13FN4O3. The molecule has 1 N–H and O–H groups in total. The smallest absolute Gasteiger partial charge is 0.358 e. The summed E-state index contributed by atoms with van der Waals surface area (Å²) in [4.78, 5) is 11.4. The summed E-state index contributed by atoms with van der Waals surface area (Å²) in [7, 11) is 0. The van der Waals surface area contributed by atoms with E-state index in [1.807, 2.05) is 0 Å². The number of carbonyl (C=O) groups is 1. The van der Waals surface area contributed by atoms with Gasteiger partial charge in [-0.15, -0.1) is 5.10 Å². The first-order chi connectivity index (χ1) is 11.0. The molecule has 3 rings (SSSR count). The maximum absolute atomic E-state index is 14.1. The molecule has 0 saturated heterocycles. The second kappa shape index (κ2) is 5.64. The Labute approximate surface area is 130 Å². The molecule has 3 aromatic rings. The summed E-state index contributed by atoms with van der Waals surface area (Å²) in [6.07, 6.45) is 0. The van der Waals surface area contributed by atoms with Crippen molar-refractivity contribution < 1.29 is 18.8 Å². The van der Waals surface area contributed by atoms with Gasteiger partial charge in [0.2, 0.25) is 0 Å². The topological polar surface area (TPSA) is 94.0 Å². The second-order valence-electron chi connectivity index (χ2n) is 5.03. The Morgan fingerprint density at radius 3 is 2.70 bits per heavy atom. The van der Waals surface area contributed by atoms with Crippen molar-refractivity contribution in [3.63, 3.8) is 0 Å². The van der Waals surface area contributed by atoms with Crippen LogP contribution in [0.25, 0.3) is 11.3 Å². The van der Waals surface area contributed by atoms with Gasteiger partial charge in [0.1, 0.15) is 17.3 Å². The summed E-state index contributed by atoms with van der Waals surface area (Å²) in [6, 6.07) is 5.90. The predicted octanol–water partition coefficient (Wildman–Crippen LogP) is 2.44. The van der Waals surface area contributed by atoms with Crippen LogP contribution in [0.1, 0.15) is 27.5 Å². The van der Waals surface area contributed by atoms with Gasteiger partial charge in [-0.2, -0.15) is 0 Å². The summed E-state index contributed by atoms with van der Waals surface area (Å²) in [5.41, 5.74) is 1.35. The van der Waals surface area contributed by atoms with Crippen LogP contribution in [0.5, 0.6) is 0 Å². The van der Waals surface area contributed by atoms with Crippen LogP contribution in [0, 0.1) is 19.7 Å². The van der Waals surface area contributed by atoms with Gasteiger partial charge in [-0.25, -0.2) is 13.9 Å². The van der Waals surface area contributed by atoms with E-state index in [1.54, 1.807) is 19.9 Å². The van der Waals surface area contributed by atoms with Crippen molar-refractivity contribution in [2.75, 3.05) is 0 Å². The summed E-state index contributed by atoms with van der Waals surface area (Å²) in [5, 5.41) is 20.7. The van der Waals surface area contributed by atoms with Crippen molar-refractivity contribution in [3.8, 4) is 11.3 Å². The lowest BCUT2D eigenvalue weighted by Gasteiger charge is -2.08. The average molecular weight is 316 g/mol. The molecule has 23 heavy (non-hydrogen) atoms. The number of halogens is 1. The predicted molar refractivity (Wildman–Crippen MR) is 77.5 cm³/mol. The fourth-order valence-electron chi connectivity index (χ4n) is 2.37. The van der Waals surface area contributed by atoms with Crippen molar-refractivity contribution in [2.45, 2.75) is 20.4 Å². The number of benzene rings is 1. The molecule has 118 valence electrons. The molecule has 0 aliphatic heterocycles. The molecule has 7 nitrogen and oxygen atoms in total. The van der Waals surface area contributed by atoms with Gasteiger partial charge in [-0.1, -0.05) is 22.5 Å². The van der Waals surface area contributed by atoms with E-state index in [0.29, 0.717) is 11.5 Å². The fourth-order valence-corrected chi connectivity index (χ4v) is 2.37. The Hall–Kier alpha value is -3.03. The Balaban J connectivity index is 2.16. The standard InChI is InChI=1S/C15H13FN4O3/c1-8-11(9(2)23-18-8)7-20-14(13(15(21)22)17-19-20)10-5-3-4-6-12(10)16/h3-6H,7H2,1-2H3,(H,21,22). The third-order valence-electron chi connectivity index (χ3n) is 3.56. The minimum Gasteiger partial charge on any atom is -0.476 e. The largest absolute Gasteiger partial charge is 0.476 e. The van der Waals surface area contributed by atoms with Gasteiger partial charge in [0.15, 0.2) is 5.69 Å². The van der Waals surface area contributed by atoms with Crippen LogP contribution in [0.2, 0.25) is 0 Å². The van der Waals surface area contributed by atoms with E-state index in [-0.39, 0.29) is 23.5 Å². The molecule has 0 amide bonds. The molecule has 0 aliphatic carbocycles. The summed E-state index contributed by atoms with van der Waals surface area (Å²) >= 11 is 0. The highest BCUT2D eigenvalue weighted by Crippen LogP contribution is 2.26. The minimum atomic E-state index is -1.27. The molecular weight excluding hydrogens is 303 g/mol. The lowest BCUT2D eigenvalue weighted by molar-refractivity contribution is 0.0691. The molecule has 0 aliphatic rings. The summed E-state index contributed by atoms with van der Waals surface area (Å²) < 4.78 is 20.6. The lowest BCUT2D eigenvalue weighted by atomic mass is 10.1. The minimum absolute atomic E-state index is 0.107. The van der Waals surface area contributed by atoms with Crippen LogP contribution < -0.4 is 0 Å². The summed E-state index contributed by atoms with van der Waals surface area (Å²) in [6.45, 7) is 3.70. The zero-order valence-corrected chi connectivity index (χ0v) is 12.4. The highest BCUT2D eigenvalue weighted by molar-refractivity contribution is 5.92. The summed E-state index contributed by atoms with van der Waals surface area (Å²) in [5.74, 6) is -1.22. The van der Waals surface area contributed by atoms with Gasteiger partial charge < -0.3 is 9.63 Å². The fraction of sp³-hybridized carbons (Fsp3) is 0.200. The SMILES string of the molecule is Cc1noc(C)c1Cn1nnc(C(=O)O)c1-c1ccccc1F. The molecule has 0 unspecified atom stereocenters. The van der Waals surface area contributed by atoms with Crippen molar-refractivity contribution in [1.29, 1.82) is 0 Å². The molecule has 2 heterocycles. The van der Waals surface area contributed by atoms with Crippen LogP contribution in [0.15, 0.2) is 28.8 Å². The van der Waals surface area contributed by atoms with Gasteiger partial charge in [0, 0.05) is 11.1 Å². The zero-order valence-electron chi connectivity index (χ0n) is 12.4. The number of rotatable bonds is 4. The van der Waals surface area contributed by atoms with E-state index in [0.717, 1.165) is 5.56 Å². The van der Waals surface area contributed by atoms with Crippen LogP contribution in [0.3, 0.4) is 0 Å². The van der Waals surface area contributed by atoms with E-state index < -0.39 is 11.8 Å². The quantitative estimate of drug-likeness (QED) is 0.794. The molecule has 0 bridgehead atoms. The molecule has 8 heteroatoms. The second-order valence-corrected chi connectivity index (χ2v) is 5.03. The third kappa shape index (κ3) is 2.59. The highest BCUT2D eigenvalue weighted by atomic mass is 19.1. The van der Waals surface area contributed by atoms with Crippen molar-refractivity contribution >= 4 is 5.97 Å². The van der Waals surface area contributed by atoms with Crippen LogP contribution in [-0.2, 0) is 6.54 Å². The number of hydrogen-bond donors (Lipinski definition) is 1. The first kappa shape index (κ1) is 14.9. The maximum atomic E-state index is 14.1. The Bertz CT molecular complexity index is 865. The third-order valence-corrected chi connectivity index (χ3v) is 3.56. The molecule has 2 aromatic heterocycles. The van der Waals surface area contributed by atoms with Crippen LogP contribution in [-0.4, -0.2) is 31.2 Å². The molecule has 0 atom stereocenters. The van der Waals surface area contributed by atoms with Gasteiger partial charge in [0.25, 0.3) is 0 Å². The normalized spacial score (nSPS) is 10.9. The molecule has 0 spiro atoms. The number of nitrogens with zero attached hydrogens (tertiary/aromatic N) is 4. The number of hydrogen-bond acceptors (Lipinski definition) is 5. The average Bonchev–Trinajstić information content (AvgIpc) is 3.07. The number of carboxylic acid groups (broad SMARTS) is 1. The van der Waals surface area contributed by atoms with E-state index in [9.17, 15) is 14.3 Å². The molecule has 0 saturated carbocycles. The number of carboxylic acids is 1. The molecule has 1 aromatic carbocycles. The maximum Gasteiger partial charge on any atom is 0.358 e. The van der Waals surface area contributed by atoms with E-state index >= 15 is 0 Å². The Kier molecular flexibility index (Phi) is 3.65. The zero-order chi connectivity index (χ0) is 16.6. The molecule has 0 radical (unpaired) electrons. The van der Waals surface area contributed by atoms with Gasteiger partial charge >= 0.3 is 5.97 Å². The van der Waals surface area contributed by atoms with Crippen molar-refractivity contribution in [2.24, 2.45) is 0 Å². The Morgan fingerprint density at radius 2 is 2.09 bits per heavy atom. The number of aromatic nitrogens is 4. The van der Waals surface area contributed by atoms with Gasteiger partial charge in [-0.05, 0) is 26.0 Å².